The van der Waals surface area contributed by atoms with Crippen LogP contribution in [0.25, 0.3) is 0 Å². The Kier molecular flexibility index (Phi) is 12.0. The number of likely N-dealkylation sites (tertiary alicyclic amines) is 2. The van der Waals surface area contributed by atoms with Crippen molar-refractivity contribution < 1.29 is 14.4 Å². The molecule has 1 aromatic rings. The van der Waals surface area contributed by atoms with Crippen LogP contribution in [0.1, 0.15) is 104 Å². The van der Waals surface area contributed by atoms with E-state index in [2.05, 4.69) is 46.2 Å². The predicted octanol–water partition coefficient (Wildman–Crippen LogP) is 6.57. The second-order valence-electron chi connectivity index (χ2n) is 14.1. The second kappa shape index (κ2) is 15.1. The van der Waals surface area contributed by atoms with E-state index in [4.69, 9.17) is 0 Å². The van der Waals surface area contributed by atoms with Crippen LogP contribution in [0, 0.1) is 11.8 Å². The number of benzene rings is 1. The number of nitrogens with zero attached hydrogens (tertiary/aromatic N) is 2. The molecule has 3 rings (SSSR count). The third-order valence-corrected chi connectivity index (χ3v) is 9.66. The van der Waals surface area contributed by atoms with Crippen molar-refractivity contribution in [2.24, 2.45) is 11.8 Å². The molecule has 2 amide bonds. The van der Waals surface area contributed by atoms with E-state index < -0.39 is 11.1 Å². The van der Waals surface area contributed by atoms with Gasteiger partial charge in [-0.1, -0.05) is 44.0 Å². The Morgan fingerprint density at radius 1 is 0.727 bits per heavy atom. The van der Waals surface area contributed by atoms with E-state index in [0.29, 0.717) is 30.4 Å². The van der Waals surface area contributed by atoms with E-state index in [0.717, 1.165) is 87.1 Å². The Hall–Kier alpha value is -3.35. The summed E-state index contributed by atoms with van der Waals surface area (Å²) in [5.41, 5.74) is 3.55. The van der Waals surface area contributed by atoms with Gasteiger partial charge in [0.15, 0.2) is 5.78 Å². The fourth-order valence-corrected chi connectivity index (χ4v) is 6.41. The number of rotatable bonds is 14. The predicted molar refractivity (Wildman–Crippen MR) is 180 cm³/mol. The molecule has 2 N–H and O–H groups in total. The minimum absolute atomic E-state index is 0.0218. The molecule has 7 nitrogen and oxygen atoms in total. The SMILES string of the molecule is C=C(C)C(=C)N1CCC(CCC(=O)NC(C)(C)c2cccc(C(C)(C)NC(=O)CCC3CCN(C(=C)C(C)=O)CC3)c2)CC1. The van der Waals surface area contributed by atoms with Gasteiger partial charge in [-0.3, -0.25) is 14.4 Å². The van der Waals surface area contributed by atoms with Gasteiger partial charge in [0.1, 0.15) is 0 Å². The molecule has 0 spiro atoms. The van der Waals surface area contributed by atoms with Crippen LogP contribution in [-0.2, 0) is 25.5 Å². The topological polar surface area (TPSA) is 81.8 Å². The van der Waals surface area contributed by atoms with E-state index in [9.17, 15) is 14.4 Å². The molecule has 242 valence electrons. The maximum atomic E-state index is 13.0. The van der Waals surface area contributed by atoms with Crippen LogP contribution < -0.4 is 10.6 Å². The van der Waals surface area contributed by atoms with Gasteiger partial charge in [0, 0.05) is 51.6 Å². The van der Waals surface area contributed by atoms with Crippen LogP contribution in [0.15, 0.2) is 61.0 Å². The van der Waals surface area contributed by atoms with Crippen molar-refractivity contribution in [2.45, 2.75) is 104 Å². The number of amides is 2. The molecule has 0 aliphatic carbocycles. The average Bonchev–Trinajstić information content (AvgIpc) is 2.98. The highest BCUT2D eigenvalue weighted by molar-refractivity contribution is 5.91. The van der Waals surface area contributed by atoms with E-state index in [-0.39, 0.29) is 17.6 Å². The third kappa shape index (κ3) is 9.83. The first kappa shape index (κ1) is 35.1. The van der Waals surface area contributed by atoms with Gasteiger partial charge in [-0.15, -0.1) is 0 Å². The number of hydrogen-bond donors (Lipinski definition) is 2. The summed E-state index contributed by atoms with van der Waals surface area (Å²) >= 11 is 0. The Morgan fingerprint density at radius 3 is 1.48 bits per heavy atom. The van der Waals surface area contributed by atoms with Crippen molar-refractivity contribution in [3.8, 4) is 0 Å². The number of hydrogen-bond acceptors (Lipinski definition) is 5. The maximum absolute atomic E-state index is 13.0. The molecule has 0 aromatic heterocycles. The third-order valence-electron chi connectivity index (χ3n) is 9.66. The Labute approximate surface area is 266 Å². The summed E-state index contributed by atoms with van der Waals surface area (Å²) in [5.74, 6) is 1.15. The summed E-state index contributed by atoms with van der Waals surface area (Å²) < 4.78 is 0. The second-order valence-corrected chi connectivity index (χ2v) is 14.1. The lowest BCUT2D eigenvalue weighted by Crippen LogP contribution is -2.43. The van der Waals surface area contributed by atoms with Crippen LogP contribution in [0.4, 0.5) is 0 Å². The summed E-state index contributed by atoms with van der Waals surface area (Å²) in [4.78, 5) is 42.0. The molecule has 2 aliphatic rings. The number of nitrogens with one attached hydrogen (secondary N) is 2. The lowest BCUT2D eigenvalue weighted by molar-refractivity contribution is -0.124. The van der Waals surface area contributed by atoms with Crippen molar-refractivity contribution in [2.75, 3.05) is 26.2 Å². The first-order chi connectivity index (χ1) is 20.6. The number of allylic oxidation sites excluding steroid dienone is 2. The molecule has 0 atom stereocenters. The molecule has 7 heteroatoms. The van der Waals surface area contributed by atoms with Crippen molar-refractivity contribution in [1.82, 2.24) is 20.4 Å². The maximum Gasteiger partial charge on any atom is 0.220 e. The van der Waals surface area contributed by atoms with Crippen molar-refractivity contribution in [3.63, 3.8) is 0 Å². The molecule has 2 saturated heterocycles. The molecule has 44 heavy (non-hydrogen) atoms. The molecule has 2 heterocycles. The van der Waals surface area contributed by atoms with Gasteiger partial charge < -0.3 is 20.4 Å². The van der Waals surface area contributed by atoms with Gasteiger partial charge in [0.05, 0.1) is 16.8 Å². The van der Waals surface area contributed by atoms with Gasteiger partial charge in [-0.2, -0.15) is 0 Å². The van der Waals surface area contributed by atoms with E-state index in [1.807, 2.05) is 52.8 Å². The van der Waals surface area contributed by atoms with Crippen LogP contribution in [0.3, 0.4) is 0 Å². The zero-order valence-corrected chi connectivity index (χ0v) is 28.2. The van der Waals surface area contributed by atoms with Crippen molar-refractivity contribution >= 4 is 17.6 Å². The number of ketones is 1. The highest BCUT2D eigenvalue weighted by Gasteiger charge is 2.29. The van der Waals surface area contributed by atoms with E-state index >= 15 is 0 Å². The zero-order valence-electron chi connectivity index (χ0n) is 28.2. The molecular formula is C37H56N4O3. The summed E-state index contributed by atoms with van der Waals surface area (Å²) in [5, 5.41) is 6.49. The van der Waals surface area contributed by atoms with Crippen LogP contribution in [0.2, 0.25) is 0 Å². The molecule has 1 aromatic carbocycles. The standard InChI is InChI=1S/C37H56N4O3/c1-26(2)27(3)40-21-17-30(18-22-40)13-15-34(43)38-36(6,7)32-11-10-12-33(25-32)37(8,9)39-35(44)16-14-31-19-23-41(24-20-31)28(4)29(5)42/h10-12,25,30-31H,1,3-4,13-24H2,2,5-9H3,(H,38,43)(H,39,44). The van der Waals surface area contributed by atoms with Gasteiger partial charge in [0.2, 0.25) is 11.8 Å². The molecule has 2 fully saturated rings. The summed E-state index contributed by atoms with van der Waals surface area (Å²) in [6.07, 6.45) is 6.80. The van der Waals surface area contributed by atoms with Crippen LogP contribution in [0.5, 0.6) is 0 Å². The van der Waals surface area contributed by atoms with Gasteiger partial charge in [-0.25, -0.2) is 0 Å². The molecule has 0 radical (unpaired) electrons. The Balaban J connectivity index is 1.47. The number of Topliss-reactive ketones (excluding diaryl/α,β-unsaturated/α-hetero) is 1. The van der Waals surface area contributed by atoms with E-state index in [1.165, 1.54) is 0 Å². The minimum atomic E-state index is -0.555. The normalized spacial score (nSPS) is 16.8. The summed E-state index contributed by atoms with van der Waals surface area (Å²) in [7, 11) is 0. The Morgan fingerprint density at radius 2 is 1.11 bits per heavy atom. The molecule has 0 bridgehead atoms. The largest absolute Gasteiger partial charge is 0.372 e. The van der Waals surface area contributed by atoms with Crippen LogP contribution >= 0.6 is 0 Å². The number of carbonyl (C=O) groups excluding carboxylic acids is 3. The fourth-order valence-electron chi connectivity index (χ4n) is 6.41. The average molecular weight is 605 g/mol. The number of piperidine rings is 2. The first-order valence-corrected chi connectivity index (χ1v) is 16.4. The van der Waals surface area contributed by atoms with Gasteiger partial charge >= 0.3 is 0 Å². The van der Waals surface area contributed by atoms with Gasteiger partial charge in [0.25, 0.3) is 0 Å². The highest BCUT2D eigenvalue weighted by atomic mass is 16.2. The summed E-state index contributed by atoms with van der Waals surface area (Å²) in [6.45, 7) is 27.3. The summed E-state index contributed by atoms with van der Waals surface area (Å²) in [6, 6.07) is 8.18. The first-order valence-electron chi connectivity index (χ1n) is 16.4. The van der Waals surface area contributed by atoms with Crippen molar-refractivity contribution in [1.29, 1.82) is 0 Å². The van der Waals surface area contributed by atoms with E-state index in [1.54, 1.807) is 6.92 Å². The lowest BCUT2D eigenvalue weighted by Gasteiger charge is -2.35. The minimum Gasteiger partial charge on any atom is -0.372 e. The monoisotopic (exact) mass is 604 g/mol. The smallest absolute Gasteiger partial charge is 0.220 e. The molecule has 0 saturated carbocycles. The fraction of sp³-hybridized carbons (Fsp3) is 0.595. The quantitative estimate of drug-likeness (QED) is 0.186. The lowest BCUT2D eigenvalue weighted by atomic mass is 9.86. The molecular weight excluding hydrogens is 548 g/mol. The molecule has 2 aliphatic heterocycles. The number of carbonyl (C=O) groups is 3. The highest BCUT2D eigenvalue weighted by Crippen LogP contribution is 2.29. The van der Waals surface area contributed by atoms with Crippen LogP contribution in [-0.4, -0.2) is 53.6 Å². The van der Waals surface area contributed by atoms with Gasteiger partial charge in [-0.05, 0) is 102 Å². The zero-order chi connectivity index (χ0) is 32.7. The molecule has 0 unspecified atom stereocenters. The Bertz CT molecular complexity index is 1140. The van der Waals surface area contributed by atoms with Crippen molar-refractivity contribution in [3.05, 3.63) is 72.1 Å².